The van der Waals surface area contributed by atoms with Gasteiger partial charge < -0.3 is 4.98 Å². The molecule has 0 radical (unpaired) electrons. The van der Waals surface area contributed by atoms with Gasteiger partial charge in [-0.1, -0.05) is 0 Å². The van der Waals surface area contributed by atoms with Crippen LogP contribution in [-0.4, -0.2) is 4.98 Å². The zero-order valence-electron chi connectivity index (χ0n) is 6.44. The maximum absolute atomic E-state index is 13.3. The van der Waals surface area contributed by atoms with Crippen LogP contribution in [0.5, 0.6) is 0 Å². The third-order valence-electron chi connectivity index (χ3n) is 1.85. The number of nitrogens with one attached hydrogen (secondary N) is 1. The van der Waals surface area contributed by atoms with Gasteiger partial charge in [-0.05, 0) is 12.1 Å². The molecule has 4 heteroatoms. The van der Waals surface area contributed by atoms with Crippen LogP contribution < -0.4 is 0 Å². The van der Waals surface area contributed by atoms with Crippen molar-refractivity contribution >= 4 is 10.9 Å². The summed E-state index contributed by atoms with van der Waals surface area (Å²) in [7, 11) is 0. The highest BCUT2D eigenvalue weighted by Gasteiger charge is 2.13. The van der Waals surface area contributed by atoms with E-state index in [4.69, 9.17) is 5.26 Å². The van der Waals surface area contributed by atoms with Gasteiger partial charge in [0.15, 0.2) is 5.82 Å². The van der Waals surface area contributed by atoms with Crippen LogP contribution in [0.25, 0.3) is 10.9 Å². The Morgan fingerprint density at radius 3 is 2.85 bits per heavy atom. The molecule has 0 spiro atoms. The molecule has 1 aromatic heterocycles. The summed E-state index contributed by atoms with van der Waals surface area (Å²) in [6, 6.07) is 4.15. The van der Waals surface area contributed by atoms with Gasteiger partial charge >= 0.3 is 0 Å². The third kappa shape index (κ3) is 0.975. The lowest BCUT2D eigenvalue weighted by molar-refractivity contribution is 0.584. The van der Waals surface area contributed by atoms with E-state index in [0.29, 0.717) is 5.39 Å². The molecule has 1 aromatic carbocycles. The molecule has 0 amide bonds. The lowest BCUT2D eigenvalue weighted by Gasteiger charge is -1.97. The van der Waals surface area contributed by atoms with Crippen LogP contribution in [0.3, 0.4) is 0 Å². The van der Waals surface area contributed by atoms with E-state index in [0.717, 1.165) is 6.07 Å². The number of nitriles is 1. The molecule has 2 aromatic rings. The minimum absolute atomic E-state index is 0.165. The predicted octanol–water partition coefficient (Wildman–Crippen LogP) is 2.32. The van der Waals surface area contributed by atoms with Crippen molar-refractivity contribution in [3.05, 3.63) is 35.5 Å². The molecule has 0 aliphatic carbocycles. The Balaban J connectivity index is 2.95. The van der Waals surface area contributed by atoms with Gasteiger partial charge in [0.1, 0.15) is 17.4 Å². The van der Waals surface area contributed by atoms with Gasteiger partial charge in [0.25, 0.3) is 0 Å². The molecular formula is C9H4F2N2. The van der Waals surface area contributed by atoms with Crippen molar-refractivity contribution in [3.63, 3.8) is 0 Å². The van der Waals surface area contributed by atoms with Crippen LogP contribution in [0, 0.1) is 23.0 Å². The molecule has 0 saturated carbocycles. The molecule has 2 nitrogen and oxygen atoms in total. The number of aromatic nitrogens is 1. The number of hydrogen-bond acceptors (Lipinski definition) is 1. The molecule has 0 aliphatic rings. The number of fused-ring (bicyclic) bond motifs is 1. The summed E-state index contributed by atoms with van der Waals surface area (Å²) >= 11 is 0. The van der Waals surface area contributed by atoms with Gasteiger partial charge in [-0.25, -0.2) is 8.78 Å². The van der Waals surface area contributed by atoms with E-state index in [1.165, 1.54) is 12.3 Å². The Bertz CT molecular complexity index is 508. The molecule has 0 aliphatic heterocycles. The first kappa shape index (κ1) is 7.74. The molecular weight excluding hydrogens is 174 g/mol. The number of rotatable bonds is 0. The number of hydrogen-bond donors (Lipinski definition) is 1. The van der Waals surface area contributed by atoms with E-state index in [9.17, 15) is 8.78 Å². The molecule has 2 rings (SSSR count). The highest BCUT2D eigenvalue weighted by atomic mass is 19.1. The number of halogens is 2. The van der Waals surface area contributed by atoms with E-state index < -0.39 is 17.2 Å². The van der Waals surface area contributed by atoms with Crippen LogP contribution >= 0.6 is 0 Å². The van der Waals surface area contributed by atoms with E-state index in [1.807, 2.05) is 0 Å². The normalized spacial score (nSPS) is 10.2. The summed E-state index contributed by atoms with van der Waals surface area (Å²) in [6.07, 6.45) is 1.49. The first-order chi connectivity index (χ1) is 6.24. The van der Waals surface area contributed by atoms with E-state index in [2.05, 4.69) is 4.98 Å². The second-order valence-electron chi connectivity index (χ2n) is 2.60. The largest absolute Gasteiger partial charge is 0.359 e. The summed E-state index contributed by atoms with van der Waals surface area (Å²) in [5.74, 6) is -1.66. The van der Waals surface area contributed by atoms with Gasteiger partial charge in [-0.2, -0.15) is 5.26 Å². The number of H-pyrrole nitrogens is 1. The van der Waals surface area contributed by atoms with Crippen molar-refractivity contribution in [3.8, 4) is 6.07 Å². The fourth-order valence-electron chi connectivity index (χ4n) is 1.23. The van der Waals surface area contributed by atoms with Crippen LogP contribution in [0.15, 0.2) is 18.3 Å². The zero-order chi connectivity index (χ0) is 9.42. The van der Waals surface area contributed by atoms with Gasteiger partial charge in [0, 0.05) is 11.6 Å². The van der Waals surface area contributed by atoms with Crippen LogP contribution in [0.2, 0.25) is 0 Å². The summed E-state index contributed by atoms with van der Waals surface area (Å²) in [5.41, 5.74) is -0.382. The van der Waals surface area contributed by atoms with Gasteiger partial charge in [0.2, 0.25) is 0 Å². The lowest BCUT2D eigenvalue weighted by atomic mass is 10.1. The molecule has 1 heterocycles. The molecule has 64 valence electrons. The van der Waals surface area contributed by atoms with Crippen molar-refractivity contribution in [1.82, 2.24) is 4.98 Å². The average molecular weight is 178 g/mol. The molecule has 0 atom stereocenters. The minimum Gasteiger partial charge on any atom is -0.359 e. The summed E-state index contributed by atoms with van der Waals surface area (Å²) in [6.45, 7) is 0. The monoisotopic (exact) mass is 178 g/mol. The van der Waals surface area contributed by atoms with Crippen molar-refractivity contribution in [1.29, 1.82) is 5.26 Å². The number of benzene rings is 1. The first-order valence-electron chi connectivity index (χ1n) is 3.59. The fourth-order valence-corrected chi connectivity index (χ4v) is 1.23. The smallest absolute Gasteiger partial charge is 0.167 e. The predicted molar refractivity (Wildman–Crippen MR) is 42.9 cm³/mol. The Labute approximate surface area is 72.4 Å². The Morgan fingerprint density at radius 2 is 2.15 bits per heavy atom. The fraction of sp³-hybridized carbons (Fsp3) is 0. The standard InChI is InChI=1S/C9H4F2N2/c10-7-3-5-1-2-13-9(5)8(11)6(7)4-12/h1-3,13H. The molecule has 0 saturated heterocycles. The zero-order valence-corrected chi connectivity index (χ0v) is 6.44. The summed E-state index contributed by atoms with van der Waals surface area (Å²) in [4.78, 5) is 2.60. The van der Waals surface area contributed by atoms with Crippen molar-refractivity contribution in [2.45, 2.75) is 0 Å². The third-order valence-corrected chi connectivity index (χ3v) is 1.85. The summed E-state index contributed by atoms with van der Waals surface area (Å²) in [5, 5.41) is 8.88. The van der Waals surface area contributed by atoms with Gasteiger partial charge in [0.05, 0.1) is 5.52 Å². The van der Waals surface area contributed by atoms with E-state index in [1.54, 1.807) is 6.07 Å². The van der Waals surface area contributed by atoms with Crippen LogP contribution in [0.4, 0.5) is 8.78 Å². The Kier molecular flexibility index (Phi) is 1.52. The molecule has 0 bridgehead atoms. The lowest BCUT2D eigenvalue weighted by Crippen LogP contribution is -1.90. The highest BCUT2D eigenvalue weighted by Crippen LogP contribution is 2.21. The Morgan fingerprint density at radius 1 is 1.38 bits per heavy atom. The SMILES string of the molecule is N#Cc1c(F)cc2cc[nH]c2c1F. The second kappa shape index (κ2) is 2.56. The molecule has 0 unspecified atom stereocenters. The molecule has 0 fully saturated rings. The molecule has 13 heavy (non-hydrogen) atoms. The maximum atomic E-state index is 13.3. The molecule has 1 N–H and O–H groups in total. The van der Waals surface area contributed by atoms with Crippen molar-refractivity contribution in [2.75, 3.05) is 0 Å². The highest BCUT2D eigenvalue weighted by molar-refractivity contribution is 5.81. The topological polar surface area (TPSA) is 39.6 Å². The second-order valence-corrected chi connectivity index (χ2v) is 2.60. The quantitative estimate of drug-likeness (QED) is 0.660. The Hall–Kier alpha value is -1.89. The minimum atomic E-state index is -0.831. The summed E-state index contributed by atoms with van der Waals surface area (Å²) < 4.78 is 26.3. The number of nitrogens with zero attached hydrogens (tertiary/aromatic N) is 1. The van der Waals surface area contributed by atoms with E-state index >= 15 is 0 Å². The van der Waals surface area contributed by atoms with E-state index in [-0.39, 0.29) is 5.52 Å². The van der Waals surface area contributed by atoms with Gasteiger partial charge in [-0.15, -0.1) is 0 Å². The maximum Gasteiger partial charge on any atom is 0.167 e. The van der Waals surface area contributed by atoms with Crippen molar-refractivity contribution < 1.29 is 8.78 Å². The first-order valence-corrected chi connectivity index (χ1v) is 3.59. The van der Waals surface area contributed by atoms with Crippen molar-refractivity contribution in [2.24, 2.45) is 0 Å². The van der Waals surface area contributed by atoms with Crippen LogP contribution in [0.1, 0.15) is 5.56 Å². The number of aromatic amines is 1. The van der Waals surface area contributed by atoms with Gasteiger partial charge in [-0.3, -0.25) is 0 Å². The van der Waals surface area contributed by atoms with Crippen LogP contribution in [-0.2, 0) is 0 Å². The average Bonchev–Trinajstić information content (AvgIpc) is 2.53.